The third-order valence-electron chi connectivity index (χ3n) is 2.29. The number of ether oxygens (including phenoxy) is 3. The zero-order valence-electron chi connectivity index (χ0n) is 10.2. The first-order valence-corrected chi connectivity index (χ1v) is 5.23. The molecule has 1 N–H and O–H groups in total. The van der Waals surface area contributed by atoms with Crippen molar-refractivity contribution in [2.45, 2.75) is 6.04 Å². The highest BCUT2D eigenvalue weighted by Gasteiger charge is 2.17. The van der Waals surface area contributed by atoms with Crippen molar-refractivity contribution in [2.75, 3.05) is 27.9 Å². The van der Waals surface area contributed by atoms with E-state index in [-0.39, 0.29) is 12.6 Å². The Kier molecular flexibility index (Phi) is 5.29. The molecule has 0 aromatic heterocycles. The number of hydrogen-bond acceptors (Lipinski definition) is 5. The van der Waals surface area contributed by atoms with Crippen LogP contribution in [0.1, 0.15) is 0 Å². The molecule has 0 aliphatic carbocycles. The van der Waals surface area contributed by atoms with Gasteiger partial charge in [0.1, 0.15) is 24.1 Å². The van der Waals surface area contributed by atoms with Gasteiger partial charge in [-0.2, -0.15) is 0 Å². The van der Waals surface area contributed by atoms with Crippen LogP contribution in [0.2, 0.25) is 0 Å². The van der Waals surface area contributed by atoms with Crippen molar-refractivity contribution in [3.8, 4) is 11.5 Å². The lowest BCUT2D eigenvalue weighted by Gasteiger charge is -2.14. The van der Waals surface area contributed by atoms with E-state index in [1.165, 1.54) is 7.11 Å². The number of carbonyl (C=O) groups excluding carboxylic acids is 1. The van der Waals surface area contributed by atoms with Crippen LogP contribution in [0, 0.1) is 0 Å². The van der Waals surface area contributed by atoms with E-state index < -0.39 is 6.04 Å². The Bertz CT molecular complexity index is 367. The van der Waals surface area contributed by atoms with E-state index in [9.17, 15) is 4.79 Å². The van der Waals surface area contributed by atoms with Crippen LogP contribution in [-0.2, 0) is 9.53 Å². The van der Waals surface area contributed by atoms with Crippen LogP contribution in [0.5, 0.6) is 11.5 Å². The molecule has 94 valence electrons. The highest BCUT2D eigenvalue weighted by atomic mass is 16.5. The molecule has 0 radical (unpaired) electrons. The van der Waals surface area contributed by atoms with Gasteiger partial charge in [0.15, 0.2) is 0 Å². The molecule has 5 nitrogen and oxygen atoms in total. The van der Waals surface area contributed by atoms with E-state index >= 15 is 0 Å². The summed E-state index contributed by atoms with van der Waals surface area (Å²) in [6, 6.07) is 6.71. The molecule has 0 heterocycles. The average Bonchev–Trinajstić information content (AvgIpc) is 2.39. The van der Waals surface area contributed by atoms with Crippen LogP contribution in [0.25, 0.3) is 0 Å². The topological polar surface area (TPSA) is 56.8 Å². The number of carbonyl (C=O) groups is 1. The van der Waals surface area contributed by atoms with E-state index in [1.54, 1.807) is 26.3 Å². The normalized spacial score (nSPS) is 11.7. The summed E-state index contributed by atoms with van der Waals surface area (Å²) in [6.45, 7) is 0.205. The van der Waals surface area contributed by atoms with Gasteiger partial charge in [0.25, 0.3) is 0 Å². The fraction of sp³-hybridized carbons (Fsp3) is 0.417. The van der Waals surface area contributed by atoms with Gasteiger partial charge in [0, 0.05) is 6.07 Å². The summed E-state index contributed by atoms with van der Waals surface area (Å²) in [4.78, 5) is 11.3. The molecule has 0 bridgehead atoms. The zero-order chi connectivity index (χ0) is 12.7. The fourth-order valence-electron chi connectivity index (χ4n) is 1.28. The van der Waals surface area contributed by atoms with Crippen LogP contribution >= 0.6 is 0 Å². The molecular weight excluding hydrogens is 222 g/mol. The standard InChI is InChI=1S/C12H17NO4/c1-13-11(12(14)16-3)8-17-10-6-4-5-9(7-10)15-2/h4-7,11,13H,8H2,1-3H3. The van der Waals surface area contributed by atoms with Gasteiger partial charge in [-0.1, -0.05) is 6.07 Å². The lowest BCUT2D eigenvalue weighted by molar-refractivity contribution is -0.143. The summed E-state index contributed by atoms with van der Waals surface area (Å²) >= 11 is 0. The van der Waals surface area contributed by atoms with Crippen LogP contribution in [0.15, 0.2) is 24.3 Å². The van der Waals surface area contributed by atoms with Crippen molar-refractivity contribution in [2.24, 2.45) is 0 Å². The molecule has 0 saturated carbocycles. The Balaban J connectivity index is 2.56. The Labute approximate surface area is 101 Å². The van der Waals surface area contributed by atoms with Crippen molar-refractivity contribution in [3.05, 3.63) is 24.3 Å². The first-order chi connectivity index (χ1) is 8.21. The van der Waals surface area contributed by atoms with Crippen molar-refractivity contribution in [1.82, 2.24) is 5.32 Å². The van der Waals surface area contributed by atoms with Crippen molar-refractivity contribution in [3.63, 3.8) is 0 Å². The monoisotopic (exact) mass is 239 g/mol. The van der Waals surface area contributed by atoms with Crippen molar-refractivity contribution in [1.29, 1.82) is 0 Å². The summed E-state index contributed by atoms with van der Waals surface area (Å²) in [5.74, 6) is 1.01. The molecule has 1 unspecified atom stereocenters. The largest absolute Gasteiger partial charge is 0.497 e. The molecular formula is C12H17NO4. The molecule has 0 amide bonds. The summed E-state index contributed by atoms with van der Waals surface area (Å²) in [7, 11) is 4.61. The Morgan fingerprint density at radius 3 is 2.65 bits per heavy atom. The molecule has 0 fully saturated rings. The zero-order valence-corrected chi connectivity index (χ0v) is 10.2. The van der Waals surface area contributed by atoms with E-state index in [0.29, 0.717) is 11.5 Å². The maximum atomic E-state index is 11.3. The second kappa shape index (κ2) is 6.75. The second-order valence-electron chi connectivity index (χ2n) is 3.35. The van der Waals surface area contributed by atoms with Crippen molar-refractivity contribution >= 4 is 5.97 Å². The molecule has 17 heavy (non-hydrogen) atoms. The molecule has 1 atom stereocenters. The number of rotatable bonds is 6. The van der Waals surface area contributed by atoms with Crippen LogP contribution in [-0.4, -0.2) is 39.9 Å². The lowest BCUT2D eigenvalue weighted by atomic mass is 10.3. The maximum absolute atomic E-state index is 11.3. The SMILES string of the molecule is CNC(COc1cccc(OC)c1)C(=O)OC. The van der Waals surface area contributed by atoms with E-state index in [4.69, 9.17) is 9.47 Å². The summed E-state index contributed by atoms with van der Waals surface area (Å²) in [5, 5.41) is 2.82. The predicted molar refractivity (Wildman–Crippen MR) is 63.4 cm³/mol. The van der Waals surface area contributed by atoms with Crippen LogP contribution in [0.4, 0.5) is 0 Å². The van der Waals surface area contributed by atoms with E-state index in [1.807, 2.05) is 12.1 Å². The number of esters is 1. The summed E-state index contributed by atoms with van der Waals surface area (Å²) in [6.07, 6.45) is 0. The van der Waals surface area contributed by atoms with E-state index in [2.05, 4.69) is 10.1 Å². The molecule has 1 aromatic rings. The first kappa shape index (κ1) is 13.3. The van der Waals surface area contributed by atoms with Gasteiger partial charge in [-0.15, -0.1) is 0 Å². The smallest absolute Gasteiger partial charge is 0.326 e. The van der Waals surface area contributed by atoms with Crippen LogP contribution in [0.3, 0.4) is 0 Å². The van der Waals surface area contributed by atoms with Crippen molar-refractivity contribution < 1.29 is 19.0 Å². The number of methoxy groups -OCH3 is 2. The number of hydrogen-bond donors (Lipinski definition) is 1. The minimum absolute atomic E-state index is 0.205. The summed E-state index contributed by atoms with van der Waals surface area (Å²) < 4.78 is 15.2. The second-order valence-corrected chi connectivity index (χ2v) is 3.35. The quantitative estimate of drug-likeness (QED) is 0.745. The minimum atomic E-state index is -0.480. The van der Waals surface area contributed by atoms with Gasteiger partial charge >= 0.3 is 5.97 Å². The Morgan fingerprint density at radius 2 is 2.06 bits per heavy atom. The molecule has 0 aliphatic heterocycles. The predicted octanol–water partition coefficient (Wildman–Crippen LogP) is 0.835. The van der Waals surface area contributed by atoms with Gasteiger partial charge in [-0.05, 0) is 19.2 Å². The van der Waals surface area contributed by atoms with Gasteiger partial charge in [-0.25, -0.2) is 0 Å². The summed E-state index contributed by atoms with van der Waals surface area (Å²) in [5.41, 5.74) is 0. The molecule has 5 heteroatoms. The highest BCUT2D eigenvalue weighted by molar-refractivity contribution is 5.75. The number of benzene rings is 1. The third kappa shape index (κ3) is 3.96. The number of likely N-dealkylation sites (N-methyl/N-ethyl adjacent to an activating group) is 1. The van der Waals surface area contributed by atoms with Gasteiger partial charge in [0.2, 0.25) is 0 Å². The molecule has 0 spiro atoms. The highest BCUT2D eigenvalue weighted by Crippen LogP contribution is 2.18. The Hall–Kier alpha value is -1.75. The van der Waals surface area contributed by atoms with E-state index in [0.717, 1.165) is 0 Å². The molecule has 1 rings (SSSR count). The van der Waals surface area contributed by atoms with Gasteiger partial charge < -0.3 is 19.5 Å². The maximum Gasteiger partial charge on any atom is 0.326 e. The Morgan fingerprint density at radius 1 is 1.35 bits per heavy atom. The molecule has 1 aromatic carbocycles. The molecule has 0 saturated heterocycles. The first-order valence-electron chi connectivity index (χ1n) is 5.23. The van der Waals surface area contributed by atoms with Gasteiger partial charge in [0.05, 0.1) is 14.2 Å². The average molecular weight is 239 g/mol. The minimum Gasteiger partial charge on any atom is -0.497 e. The fourth-order valence-corrected chi connectivity index (χ4v) is 1.28. The van der Waals surface area contributed by atoms with Crippen LogP contribution < -0.4 is 14.8 Å². The lowest BCUT2D eigenvalue weighted by Crippen LogP contribution is -2.40. The molecule has 0 aliphatic rings. The van der Waals surface area contributed by atoms with Gasteiger partial charge in [-0.3, -0.25) is 4.79 Å². The number of nitrogens with one attached hydrogen (secondary N) is 1. The third-order valence-corrected chi connectivity index (χ3v) is 2.29.